The Bertz CT molecular complexity index is 965. The van der Waals surface area contributed by atoms with Crippen molar-refractivity contribution in [2.75, 3.05) is 26.2 Å². The molecule has 1 aliphatic heterocycles. The summed E-state index contributed by atoms with van der Waals surface area (Å²) in [7, 11) is -3.79. The fraction of sp³-hybridized carbons (Fsp3) is 0.444. The van der Waals surface area contributed by atoms with Gasteiger partial charge in [0.1, 0.15) is 11.6 Å². The molecule has 2 heterocycles. The highest BCUT2D eigenvalue weighted by Crippen LogP contribution is 2.23. The van der Waals surface area contributed by atoms with E-state index in [1.165, 1.54) is 10.4 Å². The molecule has 0 spiro atoms. The lowest BCUT2D eigenvalue weighted by Crippen LogP contribution is -2.50. The van der Waals surface area contributed by atoms with Crippen molar-refractivity contribution in [2.24, 2.45) is 0 Å². The third kappa shape index (κ3) is 4.21. The van der Waals surface area contributed by atoms with Crippen LogP contribution in [0, 0.1) is 19.7 Å². The first-order valence-corrected chi connectivity index (χ1v) is 10.7. The molecule has 152 valence electrons. The van der Waals surface area contributed by atoms with Gasteiger partial charge in [0.15, 0.2) is 0 Å². The number of carbonyl (C=O) groups excluding carboxylic acids is 1. The van der Waals surface area contributed by atoms with Gasteiger partial charge in [-0.15, -0.1) is 0 Å². The third-order valence-electron chi connectivity index (χ3n) is 4.89. The van der Waals surface area contributed by atoms with Crippen LogP contribution in [0.3, 0.4) is 0 Å². The maximum Gasteiger partial charge on any atom is 0.243 e. The molecule has 1 aliphatic rings. The standard InChI is InChI=1S/C18H21ClFN3O4S/c1-12-15(13(2)27-21-12)4-6-18(24)22-7-9-23(10-8-22)28(25,26)14-3-5-17(20)16(19)11-14/h3,5,11H,4,6-10H2,1-2H3. The van der Waals surface area contributed by atoms with Crippen LogP contribution in [0.2, 0.25) is 5.02 Å². The van der Waals surface area contributed by atoms with Crippen molar-refractivity contribution in [1.82, 2.24) is 14.4 Å². The van der Waals surface area contributed by atoms with Gasteiger partial charge in [0.2, 0.25) is 15.9 Å². The van der Waals surface area contributed by atoms with Crippen molar-refractivity contribution >= 4 is 27.5 Å². The van der Waals surface area contributed by atoms with Gasteiger partial charge in [0.05, 0.1) is 15.6 Å². The molecule has 0 aliphatic carbocycles. The van der Waals surface area contributed by atoms with Gasteiger partial charge >= 0.3 is 0 Å². The lowest BCUT2D eigenvalue weighted by atomic mass is 10.1. The van der Waals surface area contributed by atoms with E-state index in [0.717, 1.165) is 23.4 Å². The third-order valence-corrected chi connectivity index (χ3v) is 7.07. The van der Waals surface area contributed by atoms with Crippen molar-refractivity contribution in [2.45, 2.75) is 31.6 Å². The first-order valence-electron chi connectivity index (χ1n) is 8.85. The molecule has 28 heavy (non-hydrogen) atoms. The number of halogens is 2. The summed E-state index contributed by atoms with van der Waals surface area (Å²) in [6.07, 6.45) is 0.843. The second-order valence-electron chi connectivity index (χ2n) is 6.66. The van der Waals surface area contributed by atoms with Crippen LogP contribution in [0.5, 0.6) is 0 Å². The number of sulfonamides is 1. The number of amides is 1. The molecule has 1 amide bonds. The van der Waals surface area contributed by atoms with Gasteiger partial charge in [-0.25, -0.2) is 12.8 Å². The molecule has 0 saturated carbocycles. The minimum absolute atomic E-state index is 0.0399. The highest BCUT2D eigenvalue weighted by Gasteiger charge is 2.30. The highest BCUT2D eigenvalue weighted by molar-refractivity contribution is 7.89. The van der Waals surface area contributed by atoms with Crippen LogP contribution in [0.25, 0.3) is 0 Å². The van der Waals surface area contributed by atoms with Crippen molar-refractivity contribution in [1.29, 1.82) is 0 Å². The minimum Gasteiger partial charge on any atom is -0.361 e. The van der Waals surface area contributed by atoms with Crippen LogP contribution in [-0.2, 0) is 21.2 Å². The first kappa shape index (κ1) is 20.8. The molecule has 1 aromatic carbocycles. The molecule has 0 unspecified atom stereocenters. The molecular weight excluding hydrogens is 409 g/mol. The number of rotatable bonds is 5. The fourth-order valence-electron chi connectivity index (χ4n) is 3.21. The zero-order valence-corrected chi connectivity index (χ0v) is 17.2. The van der Waals surface area contributed by atoms with E-state index in [9.17, 15) is 17.6 Å². The number of carbonyl (C=O) groups is 1. The molecule has 1 saturated heterocycles. The van der Waals surface area contributed by atoms with Crippen molar-refractivity contribution in [3.63, 3.8) is 0 Å². The van der Waals surface area contributed by atoms with Crippen LogP contribution < -0.4 is 0 Å². The zero-order valence-electron chi connectivity index (χ0n) is 15.6. The van der Waals surface area contributed by atoms with Crippen LogP contribution in [0.4, 0.5) is 4.39 Å². The highest BCUT2D eigenvalue weighted by atomic mass is 35.5. The SMILES string of the molecule is Cc1noc(C)c1CCC(=O)N1CCN(S(=O)(=O)c2ccc(F)c(Cl)c2)CC1. The van der Waals surface area contributed by atoms with Crippen molar-refractivity contribution in [3.05, 3.63) is 46.1 Å². The van der Waals surface area contributed by atoms with E-state index >= 15 is 0 Å². The summed E-state index contributed by atoms with van der Waals surface area (Å²) in [6, 6.07) is 3.33. The first-order chi connectivity index (χ1) is 13.2. The lowest BCUT2D eigenvalue weighted by Gasteiger charge is -2.34. The monoisotopic (exact) mass is 429 g/mol. The normalized spacial score (nSPS) is 15.8. The second kappa shape index (κ2) is 8.18. The Morgan fingerprint density at radius 2 is 1.93 bits per heavy atom. The van der Waals surface area contributed by atoms with Gasteiger partial charge in [-0.1, -0.05) is 16.8 Å². The molecule has 0 N–H and O–H groups in total. The number of benzene rings is 1. The number of aromatic nitrogens is 1. The predicted octanol–water partition coefficient (Wildman–Crippen LogP) is 2.55. The van der Waals surface area contributed by atoms with E-state index in [2.05, 4.69) is 5.16 Å². The average Bonchev–Trinajstić information content (AvgIpc) is 2.99. The van der Waals surface area contributed by atoms with E-state index < -0.39 is 15.8 Å². The summed E-state index contributed by atoms with van der Waals surface area (Å²) in [5.74, 6) is -0.00428. The quantitative estimate of drug-likeness (QED) is 0.729. The van der Waals surface area contributed by atoms with Crippen LogP contribution >= 0.6 is 11.6 Å². The molecule has 3 rings (SSSR count). The second-order valence-corrected chi connectivity index (χ2v) is 9.01. The van der Waals surface area contributed by atoms with Crippen LogP contribution in [0.1, 0.15) is 23.4 Å². The Labute approximate surface area is 168 Å². The van der Waals surface area contributed by atoms with Crippen LogP contribution in [-0.4, -0.2) is 54.9 Å². The Hall–Kier alpha value is -1.97. The minimum atomic E-state index is -3.79. The van der Waals surface area contributed by atoms with E-state index in [-0.39, 0.29) is 28.9 Å². The van der Waals surface area contributed by atoms with Gasteiger partial charge in [-0.05, 0) is 38.5 Å². The molecule has 1 aromatic heterocycles. The number of piperazine rings is 1. The molecule has 7 nitrogen and oxygen atoms in total. The largest absolute Gasteiger partial charge is 0.361 e. The van der Waals surface area contributed by atoms with Gasteiger partial charge in [0.25, 0.3) is 0 Å². The van der Waals surface area contributed by atoms with Crippen molar-refractivity contribution in [3.8, 4) is 0 Å². The smallest absolute Gasteiger partial charge is 0.243 e. The molecule has 10 heteroatoms. The maximum absolute atomic E-state index is 13.3. The van der Waals surface area contributed by atoms with E-state index in [0.29, 0.717) is 31.7 Å². The molecule has 0 bridgehead atoms. The predicted molar refractivity (Wildman–Crippen MR) is 101 cm³/mol. The summed E-state index contributed by atoms with van der Waals surface area (Å²) in [4.78, 5) is 14.1. The average molecular weight is 430 g/mol. The number of hydrogen-bond acceptors (Lipinski definition) is 5. The Morgan fingerprint density at radius 1 is 1.25 bits per heavy atom. The van der Waals surface area contributed by atoms with Gasteiger partial charge < -0.3 is 9.42 Å². The summed E-state index contributed by atoms with van der Waals surface area (Å²) >= 11 is 5.70. The summed E-state index contributed by atoms with van der Waals surface area (Å²) in [6.45, 7) is 4.60. The Kier molecular flexibility index (Phi) is 6.07. The van der Waals surface area contributed by atoms with Crippen molar-refractivity contribution < 1.29 is 22.1 Å². The van der Waals surface area contributed by atoms with Gasteiger partial charge in [0, 0.05) is 38.2 Å². The molecule has 0 atom stereocenters. The van der Waals surface area contributed by atoms with Gasteiger partial charge in [-0.3, -0.25) is 4.79 Å². The van der Waals surface area contributed by atoms with Crippen LogP contribution in [0.15, 0.2) is 27.6 Å². The molecule has 0 radical (unpaired) electrons. The van der Waals surface area contributed by atoms with E-state index in [1.807, 2.05) is 13.8 Å². The molecular formula is C18H21ClFN3O4S. The topological polar surface area (TPSA) is 83.7 Å². The summed E-state index contributed by atoms with van der Waals surface area (Å²) < 4.78 is 45.1. The Balaban J connectivity index is 1.59. The van der Waals surface area contributed by atoms with Gasteiger partial charge in [-0.2, -0.15) is 4.31 Å². The summed E-state index contributed by atoms with van der Waals surface area (Å²) in [5, 5.41) is 3.64. The van der Waals surface area contributed by atoms with E-state index in [4.69, 9.17) is 16.1 Å². The fourth-order valence-corrected chi connectivity index (χ4v) is 4.91. The lowest BCUT2D eigenvalue weighted by molar-refractivity contribution is -0.132. The number of aryl methyl sites for hydroxylation is 2. The number of hydrogen-bond donors (Lipinski definition) is 0. The Morgan fingerprint density at radius 3 is 2.50 bits per heavy atom. The summed E-state index contributed by atoms with van der Waals surface area (Å²) in [5.41, 5.74) is 1.71. The molecule has 1 fully saturated rings. The maximum atomic E-state index is 13.3. The zero-order chi connectivity index (χ0) is 20.5. The number of nitrogens with zero attached hydrogens (tertiary/aromatic N) is 3. The van der Waals surface area contributed by atoms with E-state index in [1.54, 1.807) is 4.90 Å². The molecule has 2 aromatic rings.